The molecular formula is C23H29F6N7O3. The number of carbonyl (C=O) groups excluding carboxylic acids is 1. The molecule has 0 aliphatic carbocycles. The molecule has 1 saturated heterocycles. The molecule has 1 fully saturated rings. The van der Waals surface area contributed by atoms with Crippen LogP contribution in [0.4, 0.5) is 38.0 Å². The molecule has 0 aromatic carbocycles. The van der Waals surface area contributed by atoms with Crippen LogP contribution in [0.2, 0.25) is 0 Å². The standard InChI is InChI=1S/C23H29F6N7O3/c1-4-35(17-5-7-36(14(17)3)21-30-9-15(10-31-21)22(24,25)26)18(37)6-8-39-12-13(2)33-16-11-32-34-20(38)19(16)23(27,28)29/h9-11,13-14,17H,4-8,12H2,1-3H3,(H2,33,34,38)/t13-,14+,17+/m0/s1. The molecule has 1 aliphatic heterocycles. The maximum absolute atomic E-state index is 13.2. The van der Waals surface area contributed by atoms with Crippen LogP contribution in [0.1, 0.15) is 44.7 Å². The number of likely N-dealkylation sites (N-methyl/N-ethyl adjacent to an activating group) is 1. The molecular weight excluding hydrogens is 536 g/mol. The zero-order chi connectivity index (χ0) is 29.0. The van der Waals surface area contributed by atoms with Crippen LogP contribution in [0.3, 0.4) is 0 Å². The van der Waals surface area contributed by atoms with Gasteiger partial charge < -0.3 is 19.9 Å². The molecule has 0 unspecified atom stereocenters. The first kappa shape index (κ1) is 30.1. The van der Waals surface area contributed by atoms with Crippen LogP contribution in [-0.4, -0.2) is 75.4 Å². The Morgan fingerprint density at radius 1 is 1.21 bits per heavy atom. The normalized spacial score (nSPS) is 18.7. The predicted octanol–water partition coefficient (Wildman–Crippen LogP) is 3.32. The van der Waals surface area contributed by atoms with E-state index >= 15 is 0 Å². The highest BCUT2D eigenvalue weighted by Crippen LogP contribution is 2.32. The molecule has 3 atom stereocenters. The molecule has 0 radical (unpaired) electrons. The Kier molecular flexibility index (Phi) is 9.40. The summed E-state index contributed by atoms with van der Waals surface area (Å²) in [5.41, 5.74) is -4.18. The van der Waals surface area contributed by atoms with Crippen LogP contribution >= 0.6 is 0 Å². The fraction of sp³-hybridized carbons (Fsp3) is 0.609. The fourth-order valence-corrected chi connectivity index (χ4v) is 4.49. The first-order chi connectivity index (χ1) is 18.2. The van der Waals surface area contributed by atoms with Gasteiger partial charge in [-0.25, -0.2) is 15.1 Å². The lowest BCUT2D eigenvalue weighted by Crippen LogP contribution is -2.47. The molecule has 16 heteroatoms. The number of H-pyrrole nitrogens is 1. The van der Waals surface area contributed by atoms with E-state index in [1.807, 2.05) is 13.8 Å². The Labute approximate surface area is 219 Å². The number of hydrogen-bond donors (Lipinski definition) is 2. The van der Waals surface area contributed by atoms with Crippen LogP contribution in [-0.2, 0) is 21.9 Å². The van der Waals surface area contributed by atoms with Crippen molar-refractivity contribution in [3.8, 4) is 0 Å². The average Bonchev–Trinajstić information content (AvgIpc) is 3.22. The Morgan fingerprint density at radius 2 is 1.87 bits per heavy atom. The number of nitrogens with zero attached hydrogens (tertiary/aromatic N) is 5. The lowest BCUT2D eigenvalue weighted by atomic mass is 10.1. The molecule has 2 N–H and O–H groups in total. The second-order valence-corrected chi connectivity index (χ2v) is 9.10. The van der Waals surface area contributed by atoms with E-state index in [4.69, 9.17) is 4.74 Å². The molecule has 0 spiro atoms. The SMILES string of the molecule is CCN(C(=O)CCOC[C@H](C)Nc1cn[nH]c(=O)c1C(F)(F)F)[C@@H]1CCN(c2ncc(C(F)(F)F)cn2)[C@@H]1C. The molecule has 0 bridgehead atoms. The number of rotatable bonds is 10. The van der Waals surface area contributed by atoms with Crippen molar-refractivity contribution in [1.29, 1.82) is 0 Å². The highest BCUT2D eigenvalue weighted by atomic mass is 19.4. The third-order valence-corrected chi connectivity index (χ3v) is 6.37. The van der Waals surface area contributed by atoms with E-state index in [0.717, 1.165) is 18.6 Å². The Balaban J connectivity index is 1.51. The number of amides is 1. The van der Waals surface area contributed by atoms with Gasteiger partial charge in [0.1, 0.15) is 5.56 Å². The molecule has 1 aliphatic rings. The van der Waals surface area contributed by atoms with Gasteiger partial charge in [-0.15, -0.1) is 0 Å². The van der Waals surface area contributed by atoms with E-state index in [9.17, 15) is 35.9 Å². The number of ether oxygens (including phenoxy) is 1. The Bertz CT molecular complexity index is 1170. The van der Waals surface area contributed by atoms with Gasteiger partial charge in [-0.1, -0.05) is 0 Å². The minimum atomic E-state index is -4.87. The van der Waals surface area contributed by atoms with E-state index in [1.54, 1.807) is 21.8 Å². The number of halogens is 6. The van der Waals surface area contributed by atoms with Crippen LogP contribution in [0.15, 0.2) is 23.4 Å². The van der Waals surface area contributed by atoms with E-state index in [1.165, 1.54) is 0 Å². The number of aromatic nitrogens is 4. The van der Waals surface area contributed by atoms with E-state index in [-0.39, 0.29) is 43.6 Å². The molecule has 216 valence electrons. The summed E-state index contributed by atoms with van der Waals surface area (Å²) in [7, 11) is 0. The van der Waals surface area contributed by atoms with Crippen molar-refractivity contribution in [2.45, 2.75) is 64.1 Å². The number of nitrogens with one attached hydrogen (secondary N) is 2. The van der Waals surface area contributed by atoms with Gasteiger partial charge in [0.15, 0.2) is 0 Å². The van der Waals surface area contributed by atoms with E-state index in [2.05, 4.69) is 20.4 Å². The molecule has 39 heavy (non-hydrogen) atoms. The number of hydrogen-bond acceptors (Lipinski definition) is 8. The Hall–Kier alpha value is -3.43. The number of alkyl halides is 6. The van der Waals surface area contributed by atoms with Gasteiger partial charge in [-0.3, -0.25) is 9.59 Å². The van der Waals surface area contributed by atoms with Crippen LogP contribution in [0.5, 0.6) is 0 Å². The van der Waals surface area contributed by atoms with Crippen LogP contribution in [0.25, 0.3) is 0 Å². The van der Waals surface area contributed by atoms with Crippen LogP contribution in [0, 0.1) is 0 Å². The topological polar surface area (TPSA) is 116 Å². The van der Waals surface area contributed by atoms with Crippen molar-refractivity contribution in [3.63, 3.8) is 0 Å². The van der Waals surface area contributed by atoms with Gasteiger partial charge in [0.2, 0.25) is 11.9 Å². The monoisotopic (exact) mass is 565 g/mol. The van der Waals surface area contributed by atoms with Crippen molar-refractivity contribution < 1.29 is 35.9 Å². The van der Waals surface area contributed by atoms with Crippen molar-refractivity contribution in [2.24, 2.45) is 0 Å². The summed E-state index contributed by atoms with van der Waals surface area (Å²) < 4.78 is 83.5. The van der Waals surface area contributed by atoms with Crippen LogP contribution < -0.4 is 15.8 Å². The largest absolute Gasteiger partial charge is 0.423 e. The summed E-state index contributed by atoms with van der Waals surface area (Å²) in [6, 6.07) is -1.10. The van der Waals surface area contributed by atoms with Crippen molar-refractivity contribution in [3.05, 3.63) is 40.1 Å². The highest BCUT2D eigenvalue weighted by Gasteiger charge is 2.39. The van der Waals surface area contributed by atoms with Gasteiger partial charge in [-0.2, -0.15) is 31.4 Å². The number of carbonyl (C=O) groups is 1. The van der Waals surface area contributed by atoms with Crippen molar-refractivity contribution in [2.75, 3.05) is 36.5 Å². The quantitative estimate of drug-likeness (QED) is 0.333. The van der Waals surface area contributed by atoms with Gasteiger partial charge in [0, 0.05) is 37.6 Å². The molecule has 2 aromatic heterocycles. The second kappa shape index (κ2) is 12.2. The lowest BCUT2D eigenvalue weighted by molar-refractivity contribution is -0.139. The minimum absolute atomic E-state index is 0.00787. The number of anilines is 2. The maximum Gasteiger partial charge on any atom is 0.423 e. The summed E-state index contributed by atoms with van der Waals surface area (Å²) >= 11 is 0. The molecule has 3 heterocycles. The molecule has 2 aromatic rings. The third kappa shape index (κ3) is 7.36. The van der Waals surface area contributed by atoms with E-state index < -0.39 is 40.8 Å². The third-order valence-electron chi connectivity index (χ3n) is 6.37. The predicted molar refractivity (Wildman–Crippen MR) is 128 cm³/mol. The van der Waals surface area contributed by atoms with Crippen molar-refractivity contribution >= 4 is 17.5 Å². The summed E-state index contributed by atoms with van der Waals surface area (Å²) in [4.78, 5) is 35.6. The van der Waals surface area contributed by atoms with Gasteiger partial charge in [0.05, 0.1) is 43.1 Å². The maximum atomic E-state index is 13.2. The smallest absolute Gasteiger partial charge is 0.379 e. The highest BCUT2D eigenvalue weighted by molar-refractivity contribution is 5.77. The van der Waals surface area contributed by atoms with Gasteiger partial charge in [-0.05, 0) is 27.2 Å². The van der Waals surface area contributed by atoms with Gasteiger partial charge in [0.25, 0.3) is 5.56 Å². The average molecular weight is 566 g/mol. The minimum Gasteiger partial charge on any atom is -0.379 e. The molecule has 3 rings (SSSR count). The first-order valence-electron chi connectivity index (χ1n) is 12.2. The lowest BCUT2D eigenvalue weighted by Gasteiger charge is -2.33. The zero-order valence-corrected chi connectivity index (χ0v) is 21.4. The molecule has 10 nitrogen and oxygen atoms in total. The molecule has 0 saturated carbocycles. The summed E-state index contributed by atoms with van der Waals surface area (Å²) in [5, 5.41) is 7.71. The summed E-state index contributed by atoms with van der Waals surface area (Å²) in [6.45, 7) is 6.02. The summed E-state index contributed by atoms with van der Waals surface area (Å²) in [6.07, 6.45) is -6.50. The van der Waals surface area contributed by atoms with Crippen molar-refractivity contribution in [1.82, 2.24) is 25.1 Å². The fourth-order valence-electron chi connectivity index (χ4n) is 4.49. The second-order valence-electron chi connectivity index (χ2n) is 9.10. The first-order valence-corrected chi connectivity index (χ1v) is 12.2. The zero-order valence-electron chi connectivity index (χ0n) is 21.4. The summed E-state index contributed by atoms with van der Waals surface area (Å²) in [5.74, 6) is -0.0566. The van der Waals surface area contributed by atoms with E-state index in [0.29, 0.717) is 19.5 Å². The Morgan fingerprint density at radius 3 is 2.46 bits per heavy atom. The molecule has 1 amide bonds. The van der Waals surface area contributed by atoms with Gasteiger partial charge >= 0.3 is 12.4 Å². The number of aromatic amines is 1.